The molecule has 0 bridgehead atoms. The number of aromatic carboxylic acids is 1. The van der Waals surface area contributed by atoms with Crippen LogP contribution in [0.4, 0.5) is 4.79 Å². The lowest BCUT2D eigenvalue weighted by Gasteiger charge is -2.21. The Labute approximate surface area is 186 Å². The minimum absolute atomic E-state index is 0.0803. The van der Waals surface area contributed by atoms with Crippen LogP contribution in [0, 0.1) is 18.8 Å². The number of para-hydroxylation sites is 1. The van der Waals surface area contributed by atoms with Gasteiger partial charge in [-0.05, 0) is 43.2 Å². The smallest absolute Gasteiger partial charge is 0.356 e. The van der Waals surface area contributed by atoms with Crippen LogP contribution in [0.15, 0.2) is 60.8 Å². The zero-order valence-corrected chi connectivity index (χ0v) is 17.8. The van der Waals surface area contributed by atoms with Crippen LogP contribution in [0.1, 0.15) is 28.9 Å². The Hall–Kier alpha value is -3.61. The molecule has 5 rings (SSSR count). The first-order valence-electron chi connectivity index (χ1n) is 10.9. The van der Waals surface area contributed by atoms with Gasteiger partial charge in [-0.25, -0.2) is 9.59 Å². The Balaban J connectivity index is 1.24. The van der Waals surface area contributed by atoms with E-state index in [-0.39, 0.29) is 17.8 Å². The molecular formula is C25H25N3O4. The van der Waals surface area contributed by atoms with Gasteiger partial charge in [-0.2, -0.15) is 9.78 Å². The molecular weight excluding hydrogens is 406 g/mol. The number of aromatic nitrogens is 2. The van der Waals surface area contributed by atoms with E-state index >= 15 is 0 Å². The summed E-state index contributed by atoms with van der Waals surface area (Å²) in [6.07, 6.45) is 3.41. The standard InChI is InChI=1S/C25H25N3O4/c1-16-13-28(26-23(16)24(29)30)25(31)27-14-18-11-20(12-19(18)15-27)32-22-10-6-5-9-21(22)17-7-3-2-4-8-17/h2-10,13,18-20H,11-12,14-15H2,1H3,(H,29,30)/t18-,19+,20?. The molecule has 1 aliphatic carbocycles. The second-order valence-electron chi connectivity index (χ2n) is 8.69. The molecule has 1 saturated heterocycles. The molecule has 1 saturated carbocycles. The molecule has 1 aromatic heterocycles. The van der Waals surface area contributed by atoms with Crippen molar-refractivity contribution in [2.24, 2.45) is 11.8 Å². The Morgan fingerprint density at radius 1 is 1.00 bits per heavy atom. The summed E-state index contributed by atoms with van der Waals surface area (Å²) < 4.78 is 7.59. The first-order valence-corrected chi connectivity index (χ1v) is 10.9. The van der Waals surface area contributed by atoms with Crippen LogP contribution >= 0.6 is 0 Å². The summed E-state index contributed by atoms with van der Waals surface area (Å²) >= 11 is 0. The average Bonchev–Trinajstić information content (AvgIpc) is 3.47. The van der Waals surface area contributed by atoms with E-state index in [1.54, 1.807) is 11.8 Å². The highest BCUT2D eigenvalue weighted by molar-refractivity contribution is 5.88. The van der Waals surface area contributed by atoms with Gasteiger partial charge >= 0.3 is 12.0 Å². The number of hydrogen-bond donors (Lipinski definition) is 1. The number of hydrogen-bond acceptors (Lipinski definition) is 4. The molecule has 32 heavy (non-hydrogen) atoms. The predicted octanol–water partition coefficient (Wildman–Crippen LogP) is 4.31. The van der Waals surface area contributed by atoms with Crippen molar-refractivity contribution in [1.82, 2.24) is 14.7 Å². The number of carbonyl (C=O) groups is 2. The zero-order valence-electron chi connectivity index (χ0n) is 17.8. The third kappa shape index (κ3) is 3.75. The molecule has 7 nitrogen and oxygen atoms in total. The highest BCUT2D eigenvalue weighted by Gasteiger charge is 2.44. The van der Waals surface area contributed by atoms with Crippen molar-refractivity contribution in [2.45, 2.75) is 25.9 Å². The van der Waals surface area contributed by atoms with Crippen molar-refractivity contribution in [3.05, 3.63) is 72.1 Å². The van der Waals surface area contributed by atoms with E-state index in [0.717, 1.165) is 34.4 Å². The number of carboxylic acid groups (broad SMARTS) is 1. The molecule has 2 fully saturated rings. The van der Waals surface area contributed by atoms with Crippen molar-refractivity contribution < 1.29 is 19.4 Å². The van der Waals surface area contributed by atoms with Crippen molar-refractivity contribution in [3.63, 3.8) is 0 Å². The third-order valence-electron chi connectivity index (χ3n) is 6.54. The maximum absolute atomic E-state index is 12.8. The van der Waals surface area contributed by atoms with Gasteiger partial charge in [0, 0.05) is 30.4 Å². The first-order chi connectivity index (χ1) is 15.5. The van der Waals surface area contributed by atoms with Gasteiger partial charge in [0.15, 0.2) is 5.69 Å². The van der Waals surface area contributed by atoms with E-state index < -0.39 is 5.97 Å². The monoisotopic (exact) mass is 431 g/mol. The largest absolute Gasteiger partial charge is 0.490 e. The van der Waals surface area contributed by atoms with E-state index in [1.165, 1.54) is 6.20 Å². The van der Waals surface area contributed by atoms with Gasteiger partial charge in [-0.1, -0.05) is 48.5 Å². The fourth-order valence-electron chi connectivity index (χ4n) is 5.02. The highest BCUT2D eigenvalue weighted by Crippen LogP contribution is 2.41. The maximum atomic E-state index is 12.8. The summed E-state index contributed by atoms with van der Waals surface area (Å²) in [4.78, 5) is 25.8. The molecule has 0 radical (unpaired) electrons. The number of rotatable bonds is 4. The lowest BCUT2D eigenvalue weighted by atomic mass is 10.0. The molecule has 1 amide bonds. The van der Waals surface area contributed by atoms with Gasteiger partial charge in [-0.3, -0.25) is 0 Å². The first kappa shape index (κ1) is 20.3. The fourth-order valence-corrected chi connectivity index (χ4v) is 5.02. The van der Waals surface area contributed by atoms with Crippen LogP contribution in [0.3, 0.4) is 0 Å². The normalized spacial score (nSPS) is 22.0. The second-order valence-corrected chi connectivity index (χ2v) is 8.69. The summed E-state index contributed by atoms with van der Waals surface area (Å²) in [7, 11) is 0. The van der Waals surface area contributed by atoms with Gasteiger partial charge in [0.1, 0.15) is 5.75 Å². The second kappa shape index (κ2) is 8.15. The molecule has 1 aliphatic heterocycles. The molecule has 7 heteroatoms. The Morgan fingerprint density at radius 2 is 1.66 bits per heavy atom. The molecule has 2 heterocycles. The predicted molar refractivity (Wildman–Crippen MR) is 119 cm³/mol. The molecule has 164 valence electrons. The highest BCUT2D eigenvalue weighted by atomic mass is 16.5. The minimum atomic E-state index is -1.12. The molecule has 2 aliphatic rings. The van der Waals surface area contributed by atoms with Gasteiger partial charge in [-0.15, -0.1) is 0 Å². The van der Waals surface area contributed by atoms with Crippen molar-refractivity contribution in [1.29, 1.82) is 0 Å². The molecule has 3 aromatic rings. The number of ether oxygens (including phenoxy) is 1. The number of carboxylic acids is 1. The quantitative estimate of drug-likeness (QED) is 0.665. The molecule has 3 atom stereocenters. The Morgan fingerprint density at radius 3 is 2.31 bits per heavy atom. The fraction of sp³-hybridized carbons (Fsp3) is 0.320. The zero-order chi connectivity index (χ0) is 22.2. The van der Waals surface area contributed by atoms with Crippen molar-refractivity contribution in [3.8, 4) is 16.9 Å². The Kier molecular flexibility index (Phi) is 5.17. The number of fused-ring (bicyclic) bond motifs is 1. The van der Waals surface area contributed by atoms with Crippen LogP contribution in [0.25, 0.3) is 11.1 Å². The van der Waals surface area contributed by atoms with E-state index in [9.17, 15) is 14.7 Å². The number of likely N-dealkylation sites (tertiary alicyclic amines) is 1. The van der Waals surface area contributed by atoms with Crippen molar-refractivity contribution in [2.75, 3.05) is 13.1 Å². The maximum Gasteiger partial charge on any atom is 0.356 e. The van der Waals surface area contributed by atoms with Crippen LogP contribution in [0.2, 0.25) is 0 Å². The SMILES string of the molecule is Cc1cn(C(=O)N2C[C@H]3CC(Oc4ccccc4-c4ccccc4)C[C@H]3C2)nc1C(=O)O. The molecule has 0 spiro atoms. The van der Waals surface area contributed by atoms with Gasteiger partial charge < -0.3 is 14.7 Å². The summed E-state index contributed by atoms with van der Waals surface area (Å²) in [6, 6.07) is 18.1. The minimum Gasteiger partial charge on any atom is -0.490 e. The van der Waals surface area contributed by atoms with Gasteiger partial charge in [0.05, 0.1) is 6.10 Å². The van der Waals surface area contributed by atoms with Crippen LogP contribution in [-0.2, 0) is 0 Å². The number of nitrogens with zero attached hydrogens (tertiary/aromatic N) is 3. The van der Waals surface area contributed by atoms with Crippen LogP contribution in [0.5, 0.6) is 5.75 Å². The Bertz CT molecular complexity index is 1140. The van der Waals surface area contributed by atoms with E-state index in [4.69, 9.17) is 4.74 Å². The number of carbonyl (C=O) groups excluding carboxylic acids is 1. The van der Waals surface area contributed by atoms with E-state index in [0.29, 0.717) is 30.5 Å². The summed E-state index contributed by atoms with van der Waals surface area (Å²) in [5.41, 5.74) is 2.62. The topological polar surface area (TPSA) is 84.7 Å². The van der Waals surface area contributed by atoms with Crippen molar-refractivity contribution >= 4 is 12.0 Å². The van der Waals surface area contributed by atoms with Gasteiger partial charge in [0.2, 0.25) is 0 Å². The molecule has 2 aromatic carbocycles. The summed E-state index contributed by atoms with van der Waals surface area (Å²) in [5, 5.41) is 13.1. The summed E-state index contributed by atoms with van der Waals surface area (Å²) in [5.74, 6) is 0.528. The lowest BCUT2D eigenvalue weighted by molar-refractivity contribution is 0.0689. The average molecular weight is 431 g/mol. The van der Waals surface area contributed by atoms with Crippen LogP contribution < -0.4 is 4.74 Å². The van der Waals surface area contributed by atoms with Gasteiger partial charge in [0.25, 0.3) is 0 Å². The summed E-state index contributed by atoms with van der Waals surface area (Å²) in [6.45, 7) is 2.93. The van der Waals surface area contributed by atoms with E-state index in [1.807, 2.05) is 36.4 Å². The molecule has 1 N–H and O–H groups in total. The third-order valence-corrected chi connectivity index (χ3v) is 6.54. The number of aryl methyl sites for hydroxylation is 1. The number of amides is 1. The van der Waals surface area contributed by atoms with E-state index in [2.05, 4.69) is 23.3 Å². The van der Waals surface area contributed by atoms with Crippen LogP contribution in [-0.4, -0.2) is 51.0 Å². The number of benzene rings is 2. The lowest BCUT2D eigenvalue weighted by Crippen LogP contribution is -2.34. The molecule has 1 unspecified atom stereocenters.